The van der Waals surface area contributed by atoms with Crippen LogP contribution in [0.4, 0.5) is 0 Å². The number of pyridine rings is 1. The summed E-state index contributed by atoms with van der Waals surface area (Å²) in [4.78, 5) is 27.2. The molecule has 0 aliphatic rings. The molecular weight excluding hydrogens is 350 g/mol. The smallest absolute Gasteiger partial charge is 0.343 e. The maximum absolute atomic E-state index is 12.5. The number of methoxy groups -OCH3 is 1. The molecule has 144 valence electrons. The summed E-state index contributed by atoms with van der Waals surface area (Å²) in [6, 6.07) is 16.2. The first-order chi connectivity index (χ1) is 13.3. The van der Waals surface area contributed by atoms with E-state index in [0.29, 0.717) is 0 Å². The summed E-state index contributed by atoms with van der Waals surface area (Å²) in [5, 5.41) is 0. The summed E-state index contributed by atoms with van der Waals surface area (Å²) in [5.41, 5.74) is 7.17. The van der Waals surface area contributed by atoms with Gasteiger partial charge in [0.1, 0.15) is 5.56 Å². The molecule has 1 heterocycles. The summed E-state index contributed by atoms with van der Waals surface area (Å²) in [6.45, 7) is 8.27. The molecule has 0 bridgehead atoms. The summed E-state index contributed by atoms with van der Waals surface area (Å²) in [5.74, 6) is -0.779. The van der Waals surface area contributed by atoms with Gasteiger partial charge in [0.25, 0.3) is 5.56 Å². The Kier molecular flexibility index (Phi) is 5.50. The molecule has 2 aromatic carbocycles. The van der Waals surface area contributed by atoms with Crippen molar-refractivity contribution in [2.24, 2.45) is 0 Å². The van der Waals surface area contributed by atoms with Gasteiger partial charge in [0.15, 0.2) is 0 Å². The summed E-state index contributed by atoms with van der Waals surface area (Å²) < 4.78 is 4.69. The van der Waals surface area contributed by atoms with E-state index in [1.165, 1.54) is 13.2 Å². The Morgan fingerprint density at radius 3 is 1.68 bits per heavy atom. The maximum Gasteiger partial charge on any atom is 0.343 e. The van der Waals surface area contributed by atoms with Crippen LogP contribution in [0.1, 0.15) is 55.4 Å². The van der Waals surface area contributed by atoms with E-state index in [9.17, 15) is 9.59 Å². The first-order valence-electron chi connectivity index (χ1n) is 9.26. The molecule has 0 saturated carbocycles. The Balaban J connectivity index is 2.23. The number of carbonyl (C=O) groups excluding carboxylic acids is 1. The number of aryl methyl sites for hydroxylation is 4. The van der Waals surface area contributed by atoms with Gasteiger partial charge in [-0.1, -0.05) is 58.7 Å². The molecule has 4 heteroatoms. The predicted molar refractivity (Wildman–Crippen MR) is 111 cm³/mol. The lowest BCUT2D eigenvalue weighted by molar-refractivity contribution is 0.0598. The summed E-state index contributed by atoms with van der Waals surface area (Å²) in [7, 11) is 1.27. The molecular formula is C24H25NO3. The molecule has 28 heavy (non-hydrogen) atoms. The molecule has 4 nitrogen and oxygen atoms in total. The number of hydrogen-bond acceptors (Lipinski definition) is 3. The highest BCUT2D eigenvalue weighted by atomic mass is 16.5. The lowest BCUT2D eigenvalue weighted by atomic mass is 9.85. The second-order valence-electron chi connectivity index (χ2n) is 7.42. The Labute approximate surface area is 165 Å². The number of rotatable bonds is 4. The number of esters is 1. The highest BCUT2D eigenvalue weighted by Crippen LogP contribution is 2.32. The van der Waals surface area contributed by atoms with E-state index >= 15 is 0 Å². The van der Waals surface area contributed by atoms with Gasteiger partial charge in [-0.25, -0.2) is 4.79 Å². The first kappa shape index (κ1) is 19.6. The molecule has 0 spiro atoms. The minimum atomic E-state index is -0.637. The first-order valence-corrected chi connectivity index (χ1v) is 9.26. The molecule has 0 saturated heterocycles. The molecule has 1 aromatic heterocycles. The molecule has 0 fully saturated rings. The molecule has 3 rings (SSSR count). The molecule has 3 aromatic rings. The minimum Gasteiger partial charge on any atom is -0.465 e. The number of benzene rings is 2. The van der Waals surface area contributed by atoms with Crippen LogP contribution in [0.3, 0.4) is 0 Å². The van der Waals surface area contributed by atoms with Crippen molar-refractivity contribution in [2.45, 2.75) is 33.6 Å². The highest BCUT2D eigenvalue weighted by molar-refractivity contribution is 5.88. The van der Waals surface area contributed by atoms with Crippen LogP contribution in [0.15, 0.2) is 53.3 Å². The Hall–Kier alpha value is -3.14. The summed E-state index contributed by atoms with van der Waals surface area (Å²) in [6.07, 6.45) is 0. The fraction of sp³-hybridized carbons (Fsp3) is 0.250. The average molecular weight is 375 g/mol. The van der Waals surface area contributed by atoms with Gasteiger partial charge >= 0.3 is 5.97 Å². The standard InChI is InChI=1S/C24H25NO3/c1-14-8-15(2)11-18(10-14)22(19-12-16(3)9-17(4)13-19)21-7-6-20(23(26)25-21)24(27)28-5/h6-13,22H,1-5H3,(H,25,26). The number of aromatic nitrogens is 1. The lowest BCUT2D eigenvalue weighted by Gasteiger charge is -2.21. The third kappa shape index (κ3) is 4.06. The Bertz CT molecular complexity index is 1000. The predicted octanol–water partition coefficient (Wildman–Crippen LogP) is 4.58. The monoisotopic (exact) mass is 375 g/mol. The minimum absolute atomic E-state index is 0.00541. The topological polar surface area (TPSA) is 59.2 Å². The van der Waals surface area contributed by atoms with E-state index in [1.54, 1.807) is 6.07 Å². The van der Waals surface area contributed by atoms with Crippen molar-refractivity contribution < 1.29 is 9.53 Å². The zero-order valence-corrected chi connectivity index (χ0v) is 16.9. The van der Waals surface area contributed by atoms with Crippen LogP contribution < -0.4 is 5.56 Å². The number of H-pyrrole nitrogens is 1. The highest BCUT2D eigenvalue weighted by Gasteiger charge is 2.21. The second-order valence-corrected chi connectivity index (χ2v) is 7.42. The largest absolute Gasteiger partial charge is 0.465 e. The van der Waals surface area contributed by atoms with Crippen molar-refractivity contribution in [1.29, 1.82) is 0 Å². The fourth-order valence-electron chi connectivity index (χ4n) is 3.83. The van der Waals surface area contributed by atoms with Gasteiger partial charge in [-0.05, 0) is 51.0 Å². The molecule has 0 unspecified atom stereocenters. The Morgan fingerprint density at radius 1 is 0.821 bits per heavy atom. The number of nitrogens with one attached hydrogen (secondary N) is 1. The van der Waals surface area contributed by atoms with E-state index < -0.39 is 11.5 Å². The normalized spacial score (nSPS) is 10.9. The van der Waals surface area contributed by atoms with Crippen LogP contribution in [-0.4, -0.2) is 18.1 Å². The number of ether oxygens (including phenoxy) is 1. The van der Waals surface area contributed by atoms with Gasteiger partial charge in [-0.15, -0.1) is 0 Å². The molecule has 0 aliphatic heterocycles. The van der Waals surface area contributed by atoms with Crippen LogP contribution in [0.2, 0.25) is 0 Å². The molecule has 1 N–H and O–H groups in total. The van der Waals surface area contributed by atoms with Crippen molar-refractivity contribution in [2.75, 3.05) is 7.11 Å². The van der Waals surface area contributed by atoms with Gasteiger partial charge in [-0.3, -0.25) is 4.79 Å². The van der Waals surface area contributed by atoms with Gasteiger partial charge in [0, 0.05) is 11.6 Å². The van der Waals surface area contributed by atoms with E-state index in [1.807, 2.05) is 0 Å². The van der Waals surface area contributed by atoms with Crippen LogP contribution in [0.25, 0.3) is 0 Å². The fourth-order valence-corrected chi connectivity index (χ4v) is 3.83. The van der Waals surface area contributed by atoms with Crippen molar-refractivity contribution in [1.82, 2.24) is 4.98 Å². The van der Waals surface area contributed by atoms with E-state index in [2.05, 4.69) is 69.1 Å². The zero-order chi connectivity index (χ0) is 20.4. The van der Waals surface area contributed by atoms with E-state index in [4.69, 9.17) is 4.74 Å². The average Bonchev–Trinajstić information content (AvgIpc) is 2.60. The number of hydrogen-bond donors (Lipinski definition) is 1. The zero-order valence-electron chi connectivity index (χ0n) is 16.9. The lowest BCUT2D eigenvalue weighted by Crippen LogP contribution is -2.21. The van der Waals surface area contributed by atoms with Crippen molar-refractivity contribution in [3.63, 3.8) is 0 Å². The number of carbonyl (C=O) groups is 1. The third-order valence-corrected chi connectivity index (χ3v) is 4.80. The van der Waals surface area contributed by atoms with Crippen molar-refractivity contribution >= 4 is 5.97 Å². The molecule has 0 atom stereocenters. The van der Waals surface area contributed by atoms with Crippen LogP contribution in [0, 0.1) is 27.7 Å². The van der Waals surface area contributed by atoms with Crippen LogP contribution >= 0.6 is 0 Å². The molecule has 0 radical (unpaired) electrons. The Morgan fingerprint density at radius 2 is 1.29 bits per heavy atom. The van der Waals surface area contributed by atoms with Gasteiger partial charge in [-0.2, -0.15) is 0 Å². The van der Waals surface area contributed by atoms with E-state index in [-0.39, 0.29) is 11.5 Å². The molecule has 0 aliphatic carbocycles. The summed E-state index contributed by atoms with van der Waals surface area (Å²) >= 11 is 0. The van der Waals surface area contributed by atoms with Crippen LogP contribution in [-0.2, 0) is 4.74 Å². The van der Waals surface area contributed by atoms with E-state index in [0.717, 1.165) is 39.1 Å². The third-order valence-electron chi connectivity index (χ3n) is 4.80. The van der Waals surface area contributed by atoms with Gasteiger partial charge in [0.05, 0.1) is 7.11 Å². The van der Waals surface area contributed by atoms with Crippen molar-refractivity contribution in [3.05, 3.63) is 104 Å². The van der Waals surface area contributed by atoms with Gasteiger partial charge < -0.3 is 9.72 Å². The second kappa shape index (κ2) is 7.85. The quantitative estimate of drug-likeness (QED) is 0.679. The maximum atomic E-state index is 12.5. The SMILES string of the molecule is COC(=O)c1ccc(C(c2cc(C)cc(C)c2)c2cc(C)cc(C)c2)[nH]c1=O. The molecule has 0 amide bonds. The number of aromatic amines is 1. The van der Waals surface area contributed by atoms with Crippen molar-refractivity contribution in [3.8, 4) is 0 Å². The van der Waals surface area contributed by atoms with Gasteiger partial charge in [0.2, 0.25) is 0 Å². The van der Waals surface area contributed by atoms with Crippen LogP contribution in [0.5, 0.6) is 0 Å².